The van der Waals surface area contributed by atoms with Gasteiger partial charge in [-0.2, -0.15) is 0 Å². The van der Waals surface area contributed by atoms with Crippen molar-refractivity contribution in [3.05, 3.63) is 54.1 Å². The van der Waals surface area contributed by atoms with Crippen molar-refractivity contribution in [3.63, 3.8) is 0 Å². The molecule has 102 valence electrons. The fourth-order valence-corrected chi connectivity index (χ4v) is 2.12. The molecule has 1 N–H and O–H groups in total. The van der Waals surface area contributed by atoms with Crippen molar-refractivity contribution in [2.24, 2.45) is 0 Å². The predicted octanol–water partition coefficient (Wildman–Crippen LogP) is 3.02. The van der Waals surface area contributed by atoms with Crippen LogP contribution in [0.2, 0.25) is 0 Å². The van der Waals surface area contributed by atoms with E-state index >= 15 is 0 Å². The van der Waals surface area contributed by atoms with Crippen LogP contribution in [0.3, 0.4) is 0 Å². The number of hydrogen-bond acceptors (Lipinski definition) is 2. The molecule has 1 aromatic heterocycles. The van der Waals surface area contributed by atoms with Gasteiger partial charge in [-0.15, -0.1) is 0 Å². The van der Waals surface area contributed by atoms with Crippen LogP contribution in [-0.2, 0) is 19.5 Å². The van der Waals surface area contributed by atoms with E-state index in [0.29, 0.717) is 0 Å². The molecule has 1 aromatic carbocycles. The minimum absolute atomic E-state index is 0.851. The summed E-state index contributed by atoms with van der Waals surface area (Å²) in [5.74, 6) is 1.14. The molecule has 0 aliphatic heterocycles. The monoisotopic (exact) mass is 257 g/mol. The molecule has 0 radical (unpaired) electrons. The third-order valence-electron chi connectivity index (χ3n) is 3.27. The van der Waals surface area contributed by atoms with Gasteiger partial charge < -0.3 is 9.88 Å². The number of benzene rings is 1. The van der Waals surface area contributed by atoms with Crippen LogP contribution < -0.4 is 5.32 Å². The number of hydrogen-bond donors (Lipinski definition) is 1. The average Bonchev–Trinajstić information content (AvgIpc) is 2.90. The van der Waals surface area contributed by atoms with Crippen LogP contribution in [0, 0.1) is 0 Å². The van der Waals surface area contributed by atoms with Crippen LogP contribution in [0.5, 0.6) is 0 Å². The molecule has 0 saturated heterocycles. The molecule has 0 fully saturated rings. The summed E-state index contributed by atoms with van der Waals surface area (Å²) < 4.78 is 2.25. The molecule has 0 saturated carbocycles. The number of aryl methyl sites for hydroxylation is 1. The van der Waals surface area contributed by atoms with E-state index in [4.69, 9.17) is 0 Å². The Kier molecular flexibility index (Phi) is 5.63. The van der Waals surface area contributed by atoms with Crippen molar-refractivity contribution in [3.8, 4) is 0 Å². The predicted molar refractivity (Wildman–Crippen MR) is 79.0 cm³/mol. The topological polar surface area (TPSA) is 29.9 Å². The summed E-state index contributed by atoms with van der Waals surface area (Å²) in [7, 11) is 0. The molecule has 0 spiro atoms. The van der Waals surface area contributed by atoms with Gasteiger partial charge in [0.25, 0.3) is 0 Å². The van der Waals surface area contributed by atoms with Crippen LogP contribution in [0.4, 0.5) is 0 Å². The zero-order valence-electron chi connectivity index (χ0n) is 11.7. The largest absolute Gasteiger partial charge is 0.334 e. The van der Waals surface area contributed by atoms with Crippen molar-refractivity contribution < 1.29 is 0 Å². The third kappa shape index (κ3) is 4.52. The smallest absolute Gasteiger partial charge is 0.122 e. The fraction of sp³-hybridized carbons (Fsp3) is 0.438. The summed E-state index contributed by atoms with van der Waals surface area (Å²) in [6, 6.07) is 10.6. The average molecular weight is 257 g/mol. The molecule has 0 amide bonds. The van der Waals surface area contributed by atoms with Gasteiger partial charge in [0.15, 0.2) is 0 Å². The van der Waals surface area contributed by atoms with Crippen molar-refractivity contribution in [2.75, 3.05) is 6.54 Å². The summed E-state index contributed by atoms with van der Waals surface area (Å²) in [5.41, 5.74) is 1.38. The van der Waals surface area contributed by atoms with E-state index in [0.717, 1.165) is 31.9 Å². The summed E-state index contributed by atoms with van der Waals surface area (Å²) in [6.07, 6.45) is 7.47. The maximum absolute atomic E-state index is 4.41. The van der Waals surface area contributed by atoms with Crippen LogP contribution in [0.25, 0.3) is 0 Å². The Balaban J connectivity index is 1.72. The van der Waals surface area contributed by atoms with Gasteiger partial charge in [0.2, 0.25) is 0 Å². The highest BCUT2D eigenvalue weighted by molar-refractivity contribution is 5.14. The van der Waals surface area contributed by atoms with Crippen molar-refractivity contribution in [2.45, 2.75) is 39.3 Å². The summed E-state index contributed by atoms with van der Waals surface area (Å²) in [6.45, 7) is 5.13. The van der Waals surface area contributed by atoms with Gasteiger partial charge in [0.05, 0.1) is 6.54 Å². The molecular formula is C16H23N3. The minimum Gasteiger partial charge on any atom is -0.334 e. The second-order valence-corrected chi connectivity index (χ2v) is 4.80. The van der Waals surface area contributed by atoms with Crippen molar-refractivity contribution >= 4 is 0 Å². The molecule has 0 atom stereocenters. The van der Waals surface area contributed by atoms with E-state index in [2.05, 4.69) is 58.3 Å². The Morgan fingerprint density at radius 2 is 2.05 bits per heavy atom. The van der Waals surface area contributed by atoms with E-state index in [9.17, 15) is 0 Å². The molecule has 0 unspecified atom stereocenters. The molecule has 3 heteroatoms. The van der Waals surface area contributed by atoms with Crippen molar-refractivity contribution in [1.82, 2.24) is 14.9 Å². The zero-order chi connectivity index (χ0) is 13.3. The molecule has 2 rings (SSSR count). The summed E-state index contributed by atoms with van der Waals surface area (Å²) in [5, 5.41) is 3.47. The molecule has 2 aromatic rings. The van der Waals surface area contributed by atoms with Crippen molar-refractivity contribution in [1.29, 1.82) is 0 Å². The van der Waals surface area contributed by atoms with E-state index < -0.39 is 0 Å². The highest BCUT2D eigenvalue weighted by atomic mass is 15.1. The van der Waals surface area contributed by atoms with E-state index in [1.165, 1.54) is 18.4 Å². The second kappa shape index (κ2) is 7.74. The molecular weight excluding hydrogens is 234 g/mol. The van der Waals surface area contributed by atoms with Gasteiger partial charge in [-0.3, -0.25) is 0 Å². The minimum atomic E-state index is 0.851. The Labute approximate surface area is 115 Å². The van der Waals surface area contributed by atoms with Gasteiger partial charge in [-0.25, -0.2) is 4.98 Å². The summed E-state index contributed by atoms with van der Waals surface area (Å²) >= 11 is 0. The number of imidazole rings is 1. The lowest BCUT2D eigenvalue weighted by atomic mass is 10.1. The van der Waals surface area contributed by atoms with E-state index in [-0.39, 0.29) is 0 Å². The third-order valence-corrected chi connectivity index (χ3v) is 3.27. The first-order valence-corrected chi connectivity index (χ1v) is 7.15. The lowest BCUT2D eigenvalue weighted by molar-refractivity contribution is 0.570. The quantitative estimate of drug-likeness (QED) is 0.737. The van der Waals surface area contributed by atoms with Crippen LogP contribution >= 0.6 is 0 Å². The maximum Gasteiger partial charge on any atom is 0.122 e. The van der Waals surface area contributed by atoms with E-state index in [1.54, 1.807) is 0 Å². The first-order chi connectivity index (χ1) is 9.40. The lowest BCUT2D eigenvalue weighted by Crippen LogP contribution is -2.19. The Morgan fingerprint density at radius 1 is 1.21 bits per heavy atom. The Hall–Kier alpha value is -1.61. The normalized spacial score (nSPS) is 10.8. The SMILES string of the molecule is CCCCn1ccnc1CNCCc1ccccc1. The molecule has 3 nitrogen and oxygen atoms in total. The summed E-state index contributed by atoms with van der Waals surface area (Å²) in [4.78, 5) is 4.41. The molecule has 0 bridgehead atoms. The second-order valence-electron chi connectivity index (χ2n) is 4.80. The Morgan fingerprint density at radius 3 is 2.84 bits per heavy atom. The van der Waals surface area contributed by atoms with Gasteiger partial charge in [-0.05, 0) is 24.9 Å². The first kappa shape index (κ1) is 13.8. The Bertz CT molecular complexity index is 462. The molecule has 0 aliphatic rings. The molecule has 1 heterocycles. The number of unbranched alkanes of at least 4 members (excludes halogenated alkanes) is 1. The number of rotatable bonds is 8. The molecule has 0 aliphatic carbocycles. The standard InChI is InChI=1S/C16H23N3/c1-2-3-12-19-13-11-18-16(19)14-17-10-9-15-7-5-4-6-8-15/h4-8,11,13,17H,2-3,9-10,12,14H2,1H3. The van der Waals surface area contributed by atoms with Gasteiger partial charge >= 0.3 is 0 Å². The fourth-order valence-electron chi connectivity index (χ4n) is 2.12. The van der Waals surface area contributed by atoms with Crippen LogP contribution in [-0.4, -0.2) is 16.1 Å². The molecule has 19 heavy (non-hydrogen) atoms. The number of nitrogens with zero attached hydrogens (tertiary/aromatic N) is 2. The number of nitrogens with one attached hydrogen (secondary N) is 1. The van der Waals surface area contributed by atoms with Gasteiger partial charge in [-0.1, -0.05) is 43.7 Å². The first-order valence-electron chi connectivity index (χ1n) is 7.15. The van der Waals surface area contributed by atoms with Crippen LogP contribution in [0.1, 0.15) is 31.2 Å². The van der Waals surface area contributed by atoms with E-state index in [1.807, 2.05) is 6.20 Å². The maximum atomic E-state index is 4.41. The zero-order valence-corrected chi connectivity index (χ0v) is 11.7. The van der Waals surface area contributed by atoms with Crippen LogP contribution in [0.15, 0.2) is 42.7 Å². The highest BCUT2D eigenvalue weighted by Crippen LogP contribution is 2.02. The lowest BCUT2D eigenvalue weighted by Gasteiger charge is -2.08. The highest BCUT2D eigenvalue weighted by Gasteiger charge is 2.01. The van der Waals surface area contributed by atoms with Gasteiger partial charge in [0.1, 0.15) is 5.82 Å². The number of aromatic nitrogens is 2. The van der Waals surface area contributed by atoms with Gasteiger partial charge in [0, 0.05) is 18.9 Å².